The molecule has 3 fully saturated rings. The molecule has 3 amide bonds. The molecule has 4 rings (SSSR count). The van der Waals surface area contributed by atoms with Gasteiger partial charge in [0.2, 0.25) is 5.91 Å². The third kappa shape index (κ3) is 4.58. The smallest absolute Gasteiger partial charge is 0.319 e. The van der Waals surface area contributed by atoms with E-state index in [1.165, 1.54) is 10.5 Å². The van der Waals surface area contributed by atoms with Crippen molar-refractivity contribution in [1.29, 1.82) is 0 Å². The van der Waals surface area contributed by atoms with Gasteiger partial charge in [-0.2, -0.15) is 0 Å². The molecule has 1 aromatic rings. The van der Waals surface area contributed by atoms with Crippen molar-refractivity contribution in [3.8, 4) is 0 Å². The molecular formula is C24H32FN5O2. The third-order valence-corrected chi connectivity index (χ3v) is 7.23. The Labute approximate surface area is 189 Å². The Kier molecular flexibility index (Phi) is 6.38. The van der Waals surface area contributed by atoms with Crippen LogP contribution in [0.5, 0.6) is 0 Å². The molecule has 1 aromatic carbocycles. The number of likely N-dealkylation sites (tertiary alicyclic amines) is 2. The van der Waals surface area contributed by atoms with Crippen LogP contribution in [-0.4, -0.2) is 84.8 Å². The molecule has 0 radical (unpaired) electrons. The average Bonchev–Trinajstić information content (AvgIpc) is 3.43. The van der Waals surface area contributed by atoms with Crippen LogP contribution in [-0.2, 0) is 11.2 Å². The van der Waals surface area contributed by atoms with Crippen LogP contribution >= 0.6 is 0 Å². The number of hydrogen-bond donors (Lipinski definition) is 1. The number of amides is 3. The summed E-state index contributed by atoms with van der Waals surface area (Å²) in [4.78, 5) is 33.6. The van der Waals surface area contributed by atoms with E-state index in [1.807, 2.05) is 23.1 Å². The first-order valence-electron chi connectivity index (χ1n) is 11.4. The van der Waals surface area contributed by atoms with Gasteiger partial charge >= 0.3 is 12.2 Å². The van der Waals surface area contributed by atoms with Gasteiger partial charge in [-0.05, 0) is 36.7 Å². The van der Waals surface area contributed by atoms with Crippen LogP contribution in [0.15, 0.2) is 30.3 Å². The zero-order valence-corrected chi connectivity index (χ0v) is 18.8. The Morgan fingerprint density at radius 2 is 1.84 bits per heavy atom. The number of alkyl halides is 1. The van der Waals surface area contributed by atoms with Gasteiger partial charge in [-0.15, -0.1) is 0 Å². The predicted octanol–water partition coefficient (Wildman–Crippen LogP) is 2.40. The summed E-state index contributed by atoms with van der Waals surface area (Å²) in [6, 6.07) is 10.3. The number of urea groups is 1. The molecule has 0 aromatic heterocycles. The largest absolute Gasteiger partial charge is 0.331 e. The number of nitrogens with one attached hydrogen (secondary N) is 1. The van der Waals surface area contributed by atoms with Crippen molar-refractivity contribution in [2.45, 2.75) is 43.6 Å². The summed E-state index contributed by atoms with van der Waals surface area (Å²) in [6.07, 6.45) is 0.850. The molecule has 172 valence electrons. The minimum Gasteiger partial charge on any atom is -0.331 e. The number of halogens is 1. The average molecular weight is 442 g/mol. The lowest BCUT2D eigenvalue weighted by molar-refractivity contribution is -0.131. The summed E-state index contributed by atoms with van der Waals surface area (Å²) >= 11 is 0. The third-order valence-electron chi connectivity index (χ3n) is 7.23. The first-order valence-corrected chi connectivity index (χ1v) is 11.4. The fourth-order valence-electron chi connectivity index (χ4n) is 5.79. The maximum atomic E-state index is 13.8. The Morgan fingerprint density at radius 1 is 1.19 bits per heavy atom. The molecule has 2 saturated heterocycles. The second-order valence-electron chi connectivity index (χ2n) is 9.80. The van der Waals surface area contributed by atoms with Gasteiger partial charge in [0, 0.05) is 32.7 Å². The fraction of sp³-hybridized carbons (Fsp3) is 0.625. The van der Waals surface area contributed by atoms with Crippen LogP contribution in [0.4, 0.5) is 9.18 Å². The van der Waals surface area contributed by atoms with Gasteiger partial charge in [-0.25, -0.2) is 15.8 Å². The van der Waals surface area contributed by atoms with Crippen LogP contribution in [0.1, 0.15) is 24.8 Å². The number of carbonyl (C=O) groups is 2. The lowest BCUT2D eigenvalue weighted by Gasteiger charge is -2.34. The van der Waals surface area contributed by atoms with Crippen molar-refractivity contribution in [2.24, 2.45) is 11.8 Å². The van der Waals surface area contributed by atoms with Gasteiger partial charge in [0.1, 0.15) is 6.17 Å². The minimum absolute atomic E-state index is 0.00605. The molecule has 32 heavy (non-hydrogen) atoms. The maximum absolute atomic E-state index is 13.8. The second kappa shape index (κ2) is 9.07. The van der Waals surface area contributed by atoms with Gasteiger partial charge in [-0.3, -0.25) is 14.5 Å². The van der Waals surface area contributed by atoms with E-state index >= 15 is 0 Å². The summed E-state index contributed by atoms with van der Waals surface area (Å²) in [5.74, 6) is 0.575. The molecule has 0 bridgehead atoms. The van der Waals surface area contributed by atoms with Crippen LogP contribution in [0.2, 0.25) is 0 Å². The van der Waals surface area contributed by atoms with Gasteiger partial charge < -0.3 is 15.1 Å². The lowest BCUT2D eigenvalue weighted by Crippen LogP contribution is -2.51. The molecule has 7 nitrogen and oxygen atoms in total. The first-order chi connectivity index (χ1) is 15.3. The van der Waals surface area contributed by atoms with Gasteiger partial charge in [-0.1, -0.05) is 30.3 Å². The number of benzene rings is 1. The first kappa shape index (κ1) is 22.5. The summed E-state index contributed by atoms with van der Waals surface area (Å²) in [5.41, 5.74) is 0.958. The summed E-state index contributed by atoms with van der Waals surface area (Å²) in [6.45, 7) is 8.86. The Morgan fingerprint density at radius 3 is 2.44 bits per heavy atom. The highest BCUT2D eigenvalue weighted by atomic mass is 19.1. The van der Waals surface area contributed by atoms with Crippen LogP contribution < -0.4 is 5.32 Å². The molecule has 8 heteroatoms. The van der Waals surface area contributed by atoms with E-state index in [4.69, 9.17) is 6.57 Å². The van der Waals surface area contributed by atoms with Crippen molar-refractivity contribution in [3.63, 3.8) is 0 Å². The van der Waals surface area contributed by atoms with Crippen molar-refractivity contribution in [3.05, 3.63) is 47.3 Å². The molecule has 5 atom stereocenters. The SMILES string of the molecule is [C-]#[N+][C@@H]1C[C@H](F)CN1C(=O)CNC1(Cc2ccccc2)C[C@H]2CN(C(=O)N(C)C)C[C@H]2C1. The summed E-state index contributed by atoms with van der Waals surface area (Å²) < 4.78 is 13.8. The van der Waals surface area contributed by atoms with Gasteiger partial charge in [0.25, 0.3) is 0 Å². The van der Waals surface area contributed by atoms with E-state index in [-0.39, 0.29) is 37.0 Å². The predicted molar refractivity (Wildman–Crippen MR) is 119 cm³/mol. The normalized spacial score (nSPS) is 31.4. The molecule has 3 aliphatic rings. The van der Waals surface area contributed by atoms with E-state index < -0.39 is 12.3 Å². The Hall–Kier alpha value is -2.66. The lowest BCUT2D eigenvalue weighted by atomic mass is 9.87. The molecule has 1 N–H and O–H groups in total. The Balaban J connectivity index is 1.46. The summed E-state index contributed by atoms with van der Waals surface area (Å²) in [7, 11) is 3.56. The van der Waals surface area contributed by atoms with Gasteiger partial charge in [0.15, 0.2) is 0 Å². The molecule has 1 unspecified atom stereocenters. The highest BCUT2D eigenvalue weighted by molar-refractivity contribution is 5.79. The van der Waals surface area contributed by atoms with Crippen LogP contribution in [0, 0.1) is 18.4 Å². The maximum Gasteiger partial charge on any atom is 0.319 e. The molecule has 2 aliphatic heterocycles. The van der Waals surface area contributed by atoms with Crippen LogP contribution in [0.25, 0.3) is 4.85 Å². The molecule has 1 aliphatic carbocycles. The fourth-order valence-corrected chi connectivity index (χ4v) is 5.79. The number of carbonyl (C=O) groups excluding carboxylic acids is 2. The van der Waals surface area contributed by atoms with E-state index in [2.05, 4.69) is 22.3 Å². The number of nitrogens with zero attached hydrogens (tertiary/aromatic N) is 4. The van der Waals surface area contributed by atoms with E-state index in [1.54, 1.807) is 19.0 Å². The highest BCUT2D eigenvalue weighted by Gasteiger charge is 2.50. The second-order valence-corrected chi connectivity index (χ2v) is 9.80. The topological polar surface area (TPSA) is 60.3 Å². The highest BCUT2D eigenvalue weighted by Crippen LogP contribution is 2.45. The van der Waals surface area contributed by atoms with Crippen molar-refractivity contribution >= 4 is 11.9 Å². The van der Waals surface area contributed by atoms with Crippen LogP contribution in [0.3, 0.4) is 0 Å². The standard InChI is InChI=1S/C24H32FN5O2/c1-26-21-9-20(25)16-30(21)22(31)13-27-24(10-17-7-5-4-6-8-17)11-18-14-29(15-19(18)12-24)23(32)28(2)3/h4-8,18-21,27H,9-16H2,2-3H3/t18-,19+,20-,21-,24?/m0/s1. The number of fused-ring (bicyclic) bond motifs is 1. The zero-order valence-electron chi connectivity index (χ0n) is 18.8. The zero-order chi connectivity index (χ0) is 22.9. The molecule has 2 heterocycles. The van der Waals surface area contributed by atoms with Crippen molar-refractivity contribution in [1.82, 2.24) is 20.0 Å². The summed E-state index contributed by atoms with van der Waals surface area (Å²) in [5, 5.41) is 3.54. The minimum atomic E-state index is -1.12. The molecule has 1 saturated carbocycles. The Bertz CT molecular complexity index is 872. The van der Waals surface area contributed by atoms with E-state index in [0.29, 0.717) is 11.8 Å². The molecular weight excluding hydrogens is 409 g/mol. The monoisotopic (exact) mass is 441 g/mol. The number of rotatable bonds is 5. The van der Waals surface area contributed by atoms with Crippen molar-refractivity contribution < 1.29 is 14.0 Å². The van der Waals surface area contributed by atoms with E-state index in [9.17, 15) is 14.0 Å². The number of hydrogen-bond acceptors (Lipinski definition) is 3. The molecule has 0 spiro atoms. The van der Waals surface area contributed by atoms with E-state index in [0.717, 1.165) is 32.4 Å². The van der Waals surface area contributed by atoms with Crippen molar-refractivity contribution in [2.75, 3.05) is 40.3 Å². The van der Waals surface area contributed by atoms with Gasteiger partial charge in [0.05, 0.1) is 19.5 Å². The quantitative estimate of drug-likeness (QED) is 0.714.